The van der Waals surface area contributed by atoms with E-state index in [0.717, 1.165) is 15.5 Å². The first-order valence-corrected chi connectivity index (χ1v) is 13.0. The molecule has 186 valence electrons. The molecule has 0 aromatic heterocycles. The lowest BCUT2D eigenvalue weighted by Crippen LogP contribution is -2.54. The molecule has 1 unspecified atom stereocenters. The lowest BCUT2D eigenvalue weighted by molar-refractivity contribution is -0.140. The van der Waals surface area contributed by atoms with Crippen LogP contribution in [0.2, 0.25) is 10.0 Å². The van der Waals surface area contributed by atoms with Gasteiger partial charge in [-0.3, -0.25) is 13.9 Å². The zero-order valence-electron chi connectivity index (χ0n) is 19.6. The van der Waals surface area contributed by atoms with Gasteiger partial charge in [-0.05, 0) is 52.0 Å². The van der Waals surface area contributed by atoms with Crippen LogP contribution < -0.4 is 9.62 Å². The van der Waals surface area contributed by atoms with Gasteiger partial charge >= 0.3 is 0 Å². The standard InChI is InChI=1S/C23H28Cl2FN3O4S/c1-15(22(31)27-23(2,3)4)28(13-16-8-6-7-9-20(16)26)21(30)14-29(34(5,32)33)17-10-11-18(24)19(25)12-17/h6-12,15H,13-14H2,1-5H3,(H,27,31). The van der Waals surface area contributed by atoms with E-state index < -0.39 is 45.8 Å². The molecular formula is C23H28Cl2FN3O4S. The first-order valence-electron chi connectivity index (χ1n) is 10.4. The van der Waals surface area contributed by atoms with Crippen molar-refractivity contribution in [2.24, 2.45) is 0 Å². The minimum Gasteiger partial charge on any atom is -0.350 e. The molecule has 0 saturated carbocycles. The van der Waals surface area contributed by atoms with Gasteiger partial charge in [-0.25, -0.2) is 12.8 Å². The summed E-state index contributed by atoms with van der Waals surface area (Å²) in [6, 6.07) is 9.01. The lowest BCUT2D eigenvalue weighted by atomic mass is 10.1. The number of anilines is 1. The number of hydrogen-bond acceptors (Lipinski definition) is 4. The topological polar surface area (TPSA) is 86.8 Å². The molecule has 0 heterocycles. The number of nitrogens with zero attached hydrogens (tertiary/aromatic N) is 2. The van der Waals surface area contributed by atoms with Crippen LogP contribution in [0, 0.1) is 5.82 Å². The molecule has 0 saturated heterocycles. The van der Waals surface area contributed by atoms with E-state index in [1.165, 1.54) is 43.3 Å². The van der Waals surface area contributed by atoms with Crippen LogP contribution in [0.25, 0.3) is 0 Å². The third-order valence-electron chi connectivity index (χ3n) is 4.83. The molecule has 0 aliphatic rings. The van der Waals surface area contributed by atoms with E-state index in [1.807, 2.05) is 0 Å². The Kier molecular flexibility index (Phi) is 8.96. The van der Waals surface area contributed by atoms with E-state index in [4.69, 9.17) is 23.2 Å². The fraction of sp³-hybridized carbons (Fsp3) is 0.391. The first kappa shape index (κ1) is 27.9. The summed E-state index contributed by atoms with van der Waals surface area (Å²) in [5.41, 5.74) is -0.258. The van der Waals surface area contributed by atoms with E-state index in [9.17, 15) is 22.4 Å². The number of carbonyl (C=O) groups is 2. The molecule has 34 heavy (non-hydrogen) atoms. The van der Waals surface area contributed by atoms with Crippen LogP contribution in [0.3, 0.4) is 0 Å². The van der Waals surface area contributed by atoms with E-state index >= 15 is 0 Å². The van der Waals surface area contributed by atoms with E-state index in [-0.39, 0.29) is 27.8 Å². The van der Waals surface area contributed by atoms with Crippen LogP contribution in [0.5, 0.6) is 0 Å². The average Bonchev–Trinajstić information content (AvgIpc) is 2.70. The van der Waals surface area contributed by atoms with Gasteiger partial charge in [0, 0.05) is 17.6 Å². The van der Waals surface area contributed by atoms with Crippen LogP contribution >= 0.6 is 23.2 Å². The molecule has 2 rings (SSSR count). The first-order chi connectivity index (χ1) is 15.6. The maximum absolute atomic E-state index is 14.4. The molecule has 7 nitrogen and oxygen atoms in total. The molecule has 2 aromatic rings. The van der Waals surface area contributed by atoms with Crippen molar-refractivity contribution >= 4 is 50.7 Å². The monoisotopic (exact) mass is 531 g/mol. The van der Waals surface area contributed by atoms with Crippen LogP contribution in [-0.4, -0.2) is 49.5 Å². The summed E-state index contributed by atoms with van der Waals surface area (Å²) in [5, 5.41) is 3.13. The quantitative estimate of drug-likeness (QED) is 0.552. The Hall–Kier alpha value is -2.36. The van der Waals surface area contributed by atoms with Crippen molar-refractivity contribution < 1.29 is 22.4 Å². The lowest BCUT2D eigenvalue weighted by Gasteiger charge is -2.33. The molecule has 11 heteroatoms. The minimum absolute atomic E-state index is 0.112. The fourth-order valence-corrected chi connectivity index (χ4v) is 4.25. The number of sulfonamides is 1. The fourth-order valence-electron chi connectivity index (χ4n) is 3.12. The van der Waals surface area contributed by atoms with Crippen LogP contribution in [0.1, 0.15) is 33.3 Å². The molecule has 1 N–H and O–H groups in total. The third kappa shape index (κ3) is 7.58. The van der Waals surface area contributed by atoms with Crippen LogP contribution in [0.4, 0.5) is 10.1 Å². The van der Waals surface area contributed by atoms with Crippen molar-refractivity contribution in [3.63, 3.8) is 0 Å². The summed E-state index contributed by atoms with van der Waals surface area (Å²) >= 11 is 12.0. The molecule has 0 aliphatic heterocycles. The third-order valence-corrected chi connectivity index (χ3v) is 6.71. The maximum Gasteiger partial charge on any atom is 0.244 e. The van der Waals surface area contributed by atoms with Crippen molar-refractivity contribution in [3.05, 3.63) is 63.9 Å². The van der Waals surface area contributed by atoms with Crippen molar-refractivity contribution in [1.29, 1.82) is 0 Å². The number of carbonyl (C=O) groups excluding carboxylic acids is 2. The zero-order chi connectivity index (χ0) is 25.8. The Labute approximate surface area is 209 Å². The highest BCUT2D eigenvalue weighted by molar-refractivity contribution is 7.92. The number of nitrogens with one attached hydrogen (secondary N) is 1. The highest BCUT2D eigenvalue weighted by atomic mass is 35.5. The molecular weight excluding hydrogens is 504 g/mol. The largest absolute Gasteiger partial charge is 0.350 e. The van der Waals surface area contributed by atoms with Gasteiger partial charge in [-0.15, -0.1) is 0 Å². The number of rotatable bonds is 8. The predicted molar refractivity (Wildman–Crippen MR) is 133 cm³/mol. The van der Waals surface area contributed by atoms with Crippen molar-refractivity contribution in [2.75, 3.05) is 17.1 Å². The van der Waals surface area contributed by atoms with Gasteiger partial charge < -0.3 is 10.2 Å². The van der Waals surface area contributed by atoms with Gasteiger partial charge in [0.25, 0.3) is 0 Å². The number of amides is 2. The van der Waals surface area contributed by atoms with Crippen LogP contribution in [-0.2, 0) is 26.2 Å². The Bertz CT molecular complexity index is 1170. The second-order valence-corrected chi connectivity index (χ2v) is 11.6. The van der Waals surface area contributed by atoms with Crippen molar-refractivity contribution in [3.8, 4) is 0 Å². The van der Waals surface area contributed by atoms with Gasteiger partial charge in [0.1, 0.15) is 18.4 Å². The normalized spacial score (nSPS) is 12.7. The zero-order valence-corrected chi connectivity index (χ0v) is 21.9. The average molecular weight is 532 g/mol. The summed E-state index contributed by atoms with van der Waals surface area (Å²) < 4.78 is 40.3. The summed E-state index contributed by atoms with van der Waals surface area (Å²) in [6.45, 7) is 6.01. The Balaban J connectivity index is 2.44. The molecule has 0 radical (unpaired) electrons. The van der Waals surface area contributed by atoms with Gasteiger partial charge in [-0.2, -0.15) is 0 Å². The van der Waals surface area contributed by atoms with Crippen LogP contribution in [0.15, 0.2) is 42.5 Å². The summed E-state index contributed by atoms with van der Waals surface area (Å²) in [7, 11) is -3.92. The minimum atomic E-state index is -3.92. The maximum atomic E-state index is 14.4. The number of halogens is 3. The highest BCUT2D eigenvalue weighted by Gasteiger charge is 2.32. The van der Waals surface area contributed by atoms with Gasteiger partial charge in [0.2, 0.25) is 21.8 Å². The molecule has 0 spiro atoms. The van der Waals surface area contributed by atoms with Gasteiger partial charge in [0.15, 0.2) is 0 Å². The SMILES string of the molecule is CC(C(=O)NC(C)(C)C)N(Cc1ccccc1F)C(=O)CN(c1ccc(Cl)c(Cl)c1)S(C)(=O)=O. The smallest absolute Gasteiger partial charge is 0.244 e. The van der Waals surface area contributed by atoms with E-state index in [2.05, 4.69) is 5.32 Å². The second kappa shape index (κ2) is 10.9. The molecule has 0 bridgehead atoms. The van der Waals surface area contributed by atoms with E-state index in [1.54, 1.807) is 26.8 Å². The molecule has 0 aliphatic carbocycles. The van der Waals surface area contributed by atoms with Crippen molar-refractivity contribution in [2.45, 2.75) is 45.8 Å². The Morgan fingerprint density at radius 1 is 1.09 bits per heavy atom. The molecule has 1 atom stereocenters. The predicted octanol–water partition coefficient (Wildman–Crippen LogP) is 4.23. The molecule has 0 fully saturated rings. The Morgan fingerprint density at radius 3 is 2.24 bits per heavy atom. The molecule has 2 aromatic carbocycles. The summed E-state index contributed by atoms with van der Waals surface area (Å²) in [6.07, 6.45) is 0.944. The highest BCUT2D eigenvalue weighted by Crippen LogP contribution is 2.28. The second-order valence-electron chi connectivity index (χ2n) is 8.90. The Morgan fingerprint density at radius 2 is 1.71 bits per heavy atom. The number of benzene rings is 2. The summed E-state index contributed by atoms with van der Waals surface area (Å²) in [4.78, 5) is 27.4. The van der Waals surface area contributed by atoms with Gasteiger partial charge in [-0.1, -0.05) is 41.4 Å². The van der Waals surface area contributed by atoms with Gasteiger partial charge in [0.05, 0.1) is 22.0 Å². The van der Waals surface area contributed by atoms with Crippen molar-refractivity contribution in [1.82, 2.24) is 10.2 Å². The summed E-state index contributed by atoms with van der Waals surface area (Å²) in [5.74, 6) is -1.71. The van der Waals surface area contributed by atoms with E-state index in [0.29, 0.717) is 0 Å². The number of hydrogen-bond donors (Lipinski definition) is 1. The molecule has 2 amide bonds.